The average Bonchev–Trinajstić information content (AvgIpc) is 2.62. The van der Waals surface area contributed by atoms with Crippen LogP contribution in [0.2, 0.25) is 0 Å². The average molecular weight is 354 g/mol. The third-order valence-corrected chi connectivity index (χ3v) is 3.52. The molecule has 1 amide bonds. The minimum atomic E-state index is -0.597. The molecule has 0 atom stereocenters. The first-order valence-electron chi connectivity index (χ1n) is 7.61. The van der Waals surface area contributed by atoms with E-state index in [1.807, 2.05) is 0 Å². The van der Waals surface area contributed by atoms with E-state index in [-0.39, 0.29) is 23.6 Å². The molecule has 0 saturated carbocycles. The van der Waals surface area contributed by atoms with E-state index in [2.05, 4.69) is 5.32 Å². The van der Waals surface area contributed by atoms with Crippen LogP contribution in [0.15, 0.2) is 42.0 Å². The van der Waals surface area contributed by atoms with Gasteiger partial charge in [-0.15, -0.1) is 0 Å². The Balaban J connectivity index is 2.18. The summed E-state index contributed by atoms with van der Waals surface area (Å²) in [6.07, 6.45) is 1.28. The summed E-state index contributed by atoms with van der Waals surface area (Å²) in [6, 6.07) is 10.9. The van der Waals surface area contributed by atoms with E-state index >= 15 is 0 Å². The van der Waals surface area contributed by atoms with E-state index in [0.29, 0.717) is 22.6 Å². The summed E-state index contributed by atoms with van der Waals surface area (Å²) in [7, 11) is 3.01. The predicted octanol–water partition coefficient (Wildman–Crippen LogP) is 2.34. The summed E-state index contributed by atoms with van der Waals surface area (Å²) < 4.78 is 10.5. The zero-order valence-electron chi connectivity index (χ0n) is 14.3. The van der Waals surface area contributed by atoms with Gasteiger partial charge in [0.1, 0.15) is 23.1 Å². The van der Waals surface area contributed by atoms with E-state index in [4.69, 9.17) is 9.47 Å². The smallest absolute Gasteiger partial charge is 0.262 e. The Hall–Kier alpha value is -3.66. The van der Waals surface area contributed by atoms with Gasteiger partial charge in [0, 0.05) is 18.2 Å². The van der Waals surface area contributed by atoms with Crippen LogP contribution >= 0.6 is 0 Å². The maximum atomic E-state index is 12.3. The molecule has 0 unspecified atom stereocenters. The molecule has 0 aliphatic heterocycles. The van der Waals surface area contributed by atoms with Gasteiger partial charge in [0.25, 0.3) is 5.91 Å². The molecule has 0 saturated heterocycles. The third-order valence-electron chi connectivity index (χ3n) is 3.52. The lowest BCUT2D eigenvalue weighted by Gasteiger charge is -2.13. The molecule has 0 aromatic heterocycles. The molecule has 3 N–H and O–H groups in total. The number of phenolic OH excluding ortho intramolecular Hbond substituents is 2. The van der Waals surface area contributed by atoms with Gasteiger partial charge in [0.05, 0.1) is 14.2 Å². The number of carbonyl (C=O) groups is 1. The number of para-hydroxylation sites is 1. The highest BCUT2D eigenvalue weighted by Gasteiger charge is 2.13. The number of hydrogen-bond acceptors (Lipinski definition) is 6. The molecule has 7 heteroatoms. The molecule has 0 radical (unpaired) electrons. The molecule has 0 spiro atoms. The lowest BCUT2D eigenvalue weighted by atomic mass is 10.1. The van der Waals surface area contributed by atoms with Gasteiger partial charge in [-0.25, -0.2) is 0 Å². The van der Waals surface area contributed by atoms with Gasteiger partial charge in [-0.3, -0.25) is 4.79 Å². The number of phenols is 2. The van der Waals surface area contributed by atoms with Gasteiger partial charge >= 0.3 is 0 Å². The van der Waals surface area contributed by atoms with Crippen molar-refractivity contribution in [3.8, 4) is 29.1 Å². The summed E-state index contributed by atoms with van der Waals surface area (Å²) >= 11 is 0. The summed E-state index contributed by atoms with van der Waals surface area (Å²) in [5, 5.41) is 30.8. The summed E-state index contributed by atoms with van der Waals surface area (Å²) in [5.74, 6) is 0.0894. The number of rotatable bonds is 6. The van der Waals surface area contributed by atoms with Crippen molar-refractivity contribution >= 4 is 12.0 Å². The number of nitriles is 1. The van der Waals surface area contributed by atoms with Gasteiger partial charge in [-0.05, 0) is 29.8 Å². The first kappa shape index (κ1) is 18.7. The molecule has 0 bridgehead atoms. The van der Waals surface area contributed by atoms with Crippen molar-refractivity contribution in [3.63, 3.8) is 0 Å². The highest BCUT2D eigenvalue weighted by molar-refractivity contribution is 6.01. The minimum absolute atomic E-state index is 0.128. The van der Waals surface area contributed by atoms with Crippen LogP contribution < -0.4 is 14.8 Å². The number of ether oxygens (including phenoxy) is 2. The molecule has 0 aliphatic rings. The highest BCUT2D eigenvalue weighted by atomic mass is 16.5. The van der Waals surface area contributed by atoms with Crippen LogP contribution in [0.3, 0.4) is 0 Å². The first-order chi connectivity index (χ1) is 12.5. The Morgan fingerprint density at radius 2 is 1.88 bits per heavy atom. The fraction of sp³-hybridized carbons (Fsp3) is 0.158. The number of aromatic hydroxyl groups is 2. The molecule has 2 aromatic carbocycles. The Labute approximate surface area is 150 Å². The quantitative estimate of drug-likeness (QED) is 0.542. The Morgan fingerprint density at radius 3 is 2.46 bits per heavy atom. The lowest BCUT2D eigenvalue weighted by Crippen LogP contribution is -2.24. The largest absolute Gasteiger partial charge is 0.508 e. The molecule has 26 heavy (non-hydrogen) atoms. The van der Waals surface area contributed by atoms with E-state index in [0.717, 1.165) is 6.07 Å². The van der Waals surface area contributed by atoms with Crippen LogP contribution in [-0.2, 0) is 11.3 Å². The van der Waals surface area contributed by atoms with Crippen LogP contribution in [0.25, 0.3) is 6.08 Å². The van der Waals surface area contributed by atoms with Crippen molar-refractivity contribution < 1.29 is 24.5 Å². The van der Waals surface area contributed by atoms with Crippen molar-refractivity contribution in [2.75, 3.05) is 14.2 Å². The molecule has 2 rings (SSSR count). The zero-order chi connectivity index (χ0) is 19.1. The second-order valence-corrected chi connectivity index (χ2v) is 5.29. The standard InChI is InChI=1S/C19H18N2O5/c1-25-17-5-3-4-13(18(17)26-2)11-21-19(24)14(10-20)6-12-7-15(22)9-16(23)8-12/h3-9,22-23H,11H2,1-2H3,(H,21,24)/b14-6+. The van der Waals surface area contributed by atoms with E-state index in [9.17, 15) is 20.3 Å². The molecular weight excluding hydrogens is 336 g/mol. The number of nitrogens with one attached hydrogen (secondary N) is 1. The van der Waals surface area contributed by atoms with Crippen LogP contribution in [0.1, 0.15) is 11.1 Å². The fourth-order valence-corrected chi connectivity index (χ4v) is 2.38. The molecule has 7 nitrogen and oxygen atoms in total. The second-order valence-electron chi connectivity index (χ2n) is 5.29. The number of carbonyl (C=O) groups excluding carboxylic acids is 1. The second kappa shape index (κ2) is 8.44. The SMILES string of the molecule is COc1cccc(CNC(=O)/C(C#N)=C/c2cc(O)cc(O)c2)c1OC. The van der Waals surface area contributed by atoms with Crippen LogP contribution in [0.5, 0.6) is 23.0 Å². The Morgan fingerprint density at radius 1 is 1.19 bits per heavy atom. The maximum Gasteiger partial charge on any atom is 0.262 e. The third kappa shape index (κ3) is 4.45. The first-order valence-corrected chi connectivity index (χ1v) is 7.61. The Kier molecular flexibility index (Phi) is 6.06. The predicted molar refractivity (Wildman–Crippen MR) is 94.8 cm³/mol. The van der Waals surface area contributed by atoms with E-state index in [1.54, 1.807) is 24.3 Å². The van der Waals surface area contributed by atoms with Crippen molar-refractivity contribution in [2.24, 2.45) is 0 Å². The molecule has 0 fully saturated rings. The number of hydrogen-bond donors (Lipinski definition) is 3. The van der Waals surface area contributed by atoms with Gasteiger partial charge in [-0.1, -0.05) is 12.1 Å². The van der Waals surface area contributed by atoms with Crippen molar-refractivity contribution in [3.05, 3.63) is 53.1 Å². The summed E-state index contributed by atoms with van der Waals surface area (Å²) in [6.45, 7) is 0.128. The lowest BCUT2D eigenvalue weighted by molar-refractivity contribution is -0.117. The van der Waals surface area contributed by atoms with E-state index in [1.165, 1.54) is 32.4 Å². The van der Waals surface area contributed by atoms with Gasteiger partial charge in [0.2, 0.25) is 0 Å². The molecular formula is C19H18N2O5. The number of amides is 1. The van der Waals surface area contributed by atoms with Crippen LogP contribution in [0, 0.1) is 11.3 Å². The number of methoxy groups -OCH3 is 2. The van der Waals surface area contributed by atoms with Crippen LogP contribution in [0.4, 0.5) is 0 Å². The number of nitrogens with zero attached hydrogens (tertiary/aromatic N) is 1. The van der Waals surface area contributed by atoms with E-state index < -0.39 is 5.91 Å². The topological polar surface area (TPSA) is 112 Å². The highest BCUT2D eigenvalue weighted by Crippen LogP contribution is 2.30. The maximum absolute atomic E-state index is 12.3. The van der Waals surface area contributed by atoms with Crippen molar-refractivity contribution in [2.45, 2.75) is 6.54 Å². The van der Waals surface area contributed by atoms with Gasteiger partial charge in [-0.2, -0.15) is 5.26 Å². The Bertz CT molecular complexity index is 864. The molecule has 134 valence electrons. The monoisotopic (exact) mass is 354 g/mol. The van der Waals surface area contributed by atoms with Gasteiger partial charge in [0.15, 0.2) is 11.5 Å². The normalized spacial score (nSPS) is 10.7. The van der Waals surface area contributed by atoms with Crippen molar-refractivity contribution in [1.29, 1.82) is 5.26 Å². The zero-order valence-corrected chi connectivity index (χ0v) is 14.3. The fourth-order valence-electron chi connectivity index (χ4n) is 2.38. The summed E-state index contributed by atoms with van der Waals surface area (Å²) in [4.78, 5) is 12.3. The van der Waals surface area contributed by atoms with Crippen molar-refractivity contribution in [1.82, 2.24) is 5.32 Å². The molecule has 2 aromatic rings. The summed E-state index contributed by atoms with van der Waals surface area (Å²) in [5.41, 5.74) is 0.845. The number of benzene rings is 2. The van der Waals surface area contributed by atoms with Gasteiger partial charge < -0.3 is 25.0 Å². The molecule has 0 aliphatic carbocycles. The van der Waals surface area contributed by atoms with Crippen LogP contribution in [-0.4, -0.2) is 30.3 Å². The minimum Gasteiger partial charge on any atom is -0.508 e. The molecule has 0 heterocycles.